The number of hydrogen-bond acceptors (Lipinski definition) is 3. The maximum Gasteiger partial charge on any atom is 0.254 e. The van der Waals surface area contributed by atoms with Gasteiger partial charge in [0, 0.05) is 24.7 Å². The molecule has 0 spiro atoms. The smallest absolute Gasteiger partial charge is 0.254 e. The first-order valence-corrected chi connectivity index (χ1v) is 10.1. The lowest BCUT2D eigenvalue weighted by atomic mass is 10.0. The molecule has 154 valence electrons. The molecule has 1 heterocycles. The molecule has 1 aliphatic heterocycles. The number of nitrogens with one attached hydrogen (secondary N) is 2. The minimum atomic E-state index is -0.124. The van der Waals surface area contributed by atoms with Crippen LogP contribution in [0.1, 0.15) is 56.0 Å². The van der Waals surface area contributed by atoms with Crippen LogP contribution >= 0.6 is 0 Å². The largest absolute Gasteiger partial charge is 0.370 e. The summed E-state index contributed by atoms with van der Waals surface area (Å²) in [6, 6.07) is 7.60. The predicted molar refractivity (Wildman–Crippen MR) is 112 cm³/mol. The van der Waals surface area contributed by atoms with Gasteiger partial charge in [-0.25, -0.2) is 4.99 Å². The monoisotopic (exact) mass is 387 g/mol. The van der Waals surface area contributed by atoms with Gasteiger partial charge in [0.1, 0.15) is 0 Å². The number of benzene rings is 1. The number of amides is 2. The van der Waals surface area contributed by atoms with Gasteiger partial charge in [0.25, 0.3) is 5.91 Å². The highest BCUT2D eigenvalue weighted by Crippen LogP contribution is 2.10. The maximum atomic E-state index is 12.5. The molecule has 0 aromatic heterocycles. The molecule has 1 atom stereocenters. The molecular formula is C21H33N5O2. The van der Waals surface area contributed by atoms with Crippen molar-refractivity contribution in [1.82, 2.24) is 15.5 Å². The second-order valence-electron chi connectivity index (χ2n) is 7.85. The number of nitrogens with zero attached hydrogens (tertiary/aromatic N) is 2. The average molecular weight is 388 g/mol. The summed E-state index contributed by atoms with van der Waals surface area (Å²) in [5.41, 5.74) is 7.54. The van der Waals surface area contributed by atoms with Gasteiger partial charge < -0.3 is 21.3 Å². The van der Waals surface area contributed by atoms with E-state index >= 15 is 0 Å². The molecule has 0 aliphatic carbocycles. The van der Waals surface area contributed by atoms with Crippen molar-refractivity contribution in [3.63, 3.8) is 0 Å². The van der Waals surface area contributed by atoms with E-state index in [1.165, 1.54) is 12.8 Å². The molecule has 1 aliphatic rings. The molecule has 0 saturated carbocycles. The standard InChI is InChI=1S/C21H33N5O2/c1-15(2)5-4-6-16(3)25-21(22)24-13-17-7-9-18(10-8-17)20(28)26-12-11-23-19(27)14-26/h7-10,15-16H,4-6,11-14H2,1-3H3,(H,23,27)(H3,22,24,25). The molecule has 1 unspecified atom stereocenters. The SMILES string of the molecule is CC(C)CCCC(C)NC(N)=NCc1ccc(C(=O)N2CCNC(=O)C2)cc1. The Hall–Kier alpha value is -2.57. The highest BCUT2D eigenvalue weighted by molar-refractivity contribution is 5.97. The first-order valence-electron chi connectivity index (χ1n) is 10.1. The van der Waals surface area contributed by atoms with Crippen LogP contribution in [0.3, 0.4) is 0 Å². The summed E-state index contributed by atoms with van der Waals surface area (Å²) in [5.74, 6) is 0.921. The van der Waals surface area contributed by atoms with E-state index < -0.39 is 0 Å². The van der Waals surface area contributed by atoms with E-state index in [4.69, 9.17) is 5.73 Å². The summed E-state index contributed by atoms with van der Waals surface area (Å²) in [5, 5.41) is 5.95. The number of nitrogens with two attached hydrogens (primary N) is 1. The first kappa shape index (κ1) is 21.7. The lowest BCUT2D eigenvalue weighted by molar-refractivity contribution is -0.123. The summed E-state index contributed by atoms with van der Waals surface area (Å²) >= 11 is 0. The van der Waals surface area contributed by atoms with Gasteiger partial charge in [-0.3, -0.25) is 9.59 Å². The molecule has 0 bridgehead atoms. The van der Waals surface area contributed by atoms with Crippen LogP contribution in [0.4, 0.5) is 0 Å². The maximum absolute atomic E-state index is 12.5. The zero-order valence-corrected chi connectivity index (χ0v) is 17.2. The minimum absolute atomic E-state index is 0.114. The van der Waals surface area contributed by atoms with Gasteiger partial charge in [0.2, 0.25) is 5.91 Å². The fourth-order valence-electron chi connectivity index (χ4n) is 3.13. The fourth-order valence-corrected chi connectivity index (χ4v) is 3.13. The molecule has 1 aromatic carbocycles. The first-order chi connectivity index (χ1) is 13.3. The Morgan fingerprint density at radius 2 is 1.96 bits per heavy atom. The zero-order valence-electron chi connectivity index (χ0n) is 17.2. The van der Waals surface area contributed by atoms with Crippen LogP contribution in [-0.4, -0.2) is 48.3 Å². The van der Waals surface area contributed by atoms with Crippen molar-refractivity contribution < 1.29 is 9.59 Å². The number of hydrogen-bond donors (Lipinski definition) is 3. The minimum Gasteiger partial charge on any atom is -0.370 e. The molecule has 0 radical (unpaired) electrons. The second-order valence-corrected chi connectivity index (χ2v) is 7.85. The molecular weight excluding hydrogens is 354 g/mol. The van der Waals surface area contributed by atoms with Crippen LogP contribution < -0.4 is 16.4 Å². The molecule has 2 rings (SSSR count). The van der Waals surface area contributed by atoms with Crippen LogP contribution in [0.2, 0.25) is 0 Å². The van der Waals surface area contributed by atoms with Gasteiger partial charge in [-0.15, -0.1) is 0 Å². The predicted octanol–water partition coefficient (Wildman–Crippen LogP) is 1.88. The Labute approximate surface area is 167 Å². The third kappa shape index (κ3) is 7.21. The Bertz CT molecular complexity index is 685. The molecule has 4 N–H and O–H groups in total. The second kappa shape index (κ2) is 10.7. The molecule has 1 fully saturated rings. The number of carbonyl (C=O) groups excluding carboxylic acids is 2. The van der Waals surface area contributed by atoms with Crippen molar-refractivity contribution in [2.45, 2.75) is 52.6 Å². The van der Waals surface area contributed by atoms with E-state index in [0.29, 0.717) is 37.2 Å². The summed E-state index contributed by atoms with van der Waals surface area (Å²) < 4.78 is 0. The van der Waals surface area contributed by atoms with Crippen LogP contribution in [0, 0.1) is 5.92 Å². The van der Waals surface area contributed by atoms with Crippen molar-refractivity contribution in [3.05, 3.63) is 35.4 Å². The molecule has 28 heavy (non-hydrogen) atoms. The topological polar surface area (TPSA) is 99.8 Å². The van der Waals surface area contributed by atoms with Gasteiger partial charge >= 0.3 is 0 Å². The Morgan fingerprint density at radius 3 is 2.61 bits per heavy atom. The van der Waals surface area contributed by atoms with Crippen molar-refractivity contribution in [2.24, 2.45) is 16.6 Å². The zero-order chi connectivity index (χ0) is 20.5. The third-order valence-electron chi connectivity index (χ3n) is 4.77. The summed E-state index contributed by atoms with van der Waals surface area (Å²) in [4.78, 5) is 29.9. The van der Waals surface area contributed by atoms with Crippen molar-refractivity contribution in [1.29, 1.82) is 0 Å². The number of aliphatic imine (C=N–C) groups is 1. The highest BCUT2D eigenvalue weighted by atomic mass is 16.2. The normalized spacial score (nSPS) is 16.1. The van der Waals surface area contributed by atoms with Crippen molar-refractivity contribution >= 4 is 17.8 Å². The van der Waals surface area contributed by atoms with E-state index in [1.807, 2.05) is 12.1 Å². The molecule has 7 heteroatoms. The van der Waals surface area contributed by atoms with E-state index in [9.17, 15) is 9.59 Å². The number of rotatable bonds is 8. The molecule has 1 saturated heterocycles. The highest BCUT2D eigenvalue weighted by Gasteiger charge is 2.22. The van der Waals surface area contributed by atoms with Crippen LogP contribution in [0.25, 0.3) is 0 Å². The van der Waals surface area contributed by atoms with Gasteiger partial charge in [0.05, 0.1) is 13.1 Å². The van der Waals surface area contributed by atoms with Crippen LogP contribution in [0.5, 0.6) is 0 Å². The van der Waals surface area contributed by atoms with Gasteiger partial charge in [-0.1, -0.05) is 38.8 Å². The van der Waals surface area contributed by atoms with Gasteiger partial charge in [0.15, 0.2) is 5.96 Å². The van der Waals surface area contributed by atoms with E-state index in [2.05, 4.69) is 36.4 Å². The Morgan fingerprint density at radius 1 is 1.25 bits per heavy atom. The van der Waals surface area contributed by atoms with E-state index in [0.717, 1.165) is 17.9 Å². The number of guanidine groups is 1. The molecule has 1 aromatic rings. The molecule has 7 nitrogen and oxygen atoms in total. The number of carbonyl (C=O) groups is 2. The van der Waals surface area contributed by atoms with E-state index in [-0.39, 0.29) is 18.4 Å². The molecule has 2 amide bonds. The lowest BCUT2D eigenvalue weighted by Crippen LogP contribution is -2.49. The third-order valence-corrected chi connectivity index (χ3v) is 4.77. The van der Waals surface area contributed by atoms with Crippen LogP contribution in [0.15, 0.2) is 29.3 Å². The van der Waals surface area contributed by atoms with Crippen LogP contribution in [-0.2, 0) is 11.3 Å². The van der Waals surface area contributed by atoms with E-state index in [1.54, 1.807) is 17.0 Å². The van der Waals surface area contributed by atoms with Crippen molar-refractivity contribution in [3.8, 4) is 0 Å². The number of piperazine rings is 1. The average Bonchev–Trinajstić information content (AvgIpc) is 2.66. The summed E-state index contributed by atoms with van der Waals surface area (Å²) in [7, 11) is 0. The van der Waals surface area contributed by atoms with Gasteiger partial charge in [-0.05, 0) is 37.0 Å². The summed E-state index contributed by atoms with van der Waals surface area (Å²) in [6.45, 7) is 8.18. The summed E-state index contributed by atoms with van der Waals surface area (Å²) in [6.07, 6.45) is 3.46. The quantitative estimate of drug-likeness (QED) is 0.468. The van der Waals surface area contributed by atoms with Crippen molar-refractivity contribution in [2.75, 3.05) is 19.6 Å². The van der Waals surface area contributed by atoms with Gasteiger partial charge in [-0.2, -0.15) is 0 Å². The Balaban J connectivity index is 1.82. The lowest BCUT2D eigenvalue weighted by Gasteiger charge is -2.26. The fraction of sp³-hybridized carbons (Fsp3) is 0.571. The Kier molecular flexibility index (Phi) is 8.29.